The van der Waals surface area contributed by atoms with E-state index in [9.17, 15) is 0 Å². The molecule has 1 N–H and O–H groups in total. The second-order valence-electron chi connectivity index (χ2n) is 5.45. The minimum Gasteiger partial charge on any atom is -0.379 e. The van der Waals surface area contributed by atoms with Crippen LogP contribution in [0.4, 0.5) is 0 Å². The first-order valence-corrected chi connectivity index (χ1v) is 5.98. The fourth-order valence-electron chi connectivity index (χ4n) is 1.55. The molecule has 0 aromatic carbocycles. The lowest BCUT2D eigenvalue weighted by Gasteiger charge is -2.18. The Morgan fingerprint density at radius 2 is 2.20 bits per heavy atom. The molecular weight excluding hydrogens is 190 g/mol. The molecule has 0 spiro atoms. The van der Waals surface area contributed by atoms with Gasteiger partial charge >= 0.3 is 0 Å². The lowest BCUT2D eigenvalue weighted by atomic mass is 9.97. The molecule has 1 aliphatic heterocycles. The zero-order valence-electron chi connectivity index (χ0n) is 10.3. The van der Waals surface area contributed by atoms with E-state index in [-0.39, 0.29) is 0 Å². The highest BCUT2D eigenvalue weighted by atomic mass is 16.5. The fourth-order valence-corrected chi connectivity index (χ4v) is 1.55. The molecule has 3 heteroatoms. The number of ether oxygens (including phenoxy) is 2. The molecule has 1 atom stereocenters. The predicted octanol–water partition coefficient (Wildman–Crippen LogP) is 1.82. The van der Waals surface area contributed by atoms with E-state index in [0.717, 1.165) is 45.8 Å². The smallest absolute Gasteiger partial charge is 0.0830 e. The second-order valence-corrected chi connectivity index (χ2v) is 5.45. The molecule has 90 valence electrons. The summed E-state index contributed by atoms with van der Waals surface area (Å²) in [5.41, 5.74) is 0.375. The van der Waals surface area contributed by atoms with Crippen molar-refractivity contribution in [3.05, 3.63) is 0 Å². The van der Waals surface area contributed by atoms with E-state index < -0.39 is 0 Å². The summed E-state index contributed by atoms with van der Waals surface area (Å²) in [5, 5.41) is 3.44. The SMILES string of the molecule is CC(C)(C)CNCCCOC1CCOC1. The number of rotatable bonds is 6. The van der Waals surface area contributed by atoms with Gasteiger partial charge in [0.05, 0.1) is 12.7 Å². The normalized spacial score (nSPS) is 22.2. The van der Waals surface area contributed by atoms with Crippen molar-refractivity contribution in [2.45, 2.75) is 39.7 Å². The van der Waals surface area contributed by atoms with Crippen LogP contribution in [0.25, 0.3) is 0 Å². The molecular formula is C12H25NO2. The number of hydrogen-bond donors (Lipinski definition) is 1. The van der Waals surface area contributed by atoms with Gasteiger partial charge in [0.25, 0.3) is 0 Å². The van der Waals surface area contributed by atoms with Gasteiger partial charge in [-0.3, -0.25) is 0 Å². The maximum atomic E-state index is 5.67. The van der Waals surface area contributed by atoms with Crippen LogP contribution in [0.5, 0.6) is 0 Å². The number of hydrogen-bond acceptors (Lipinski definition) is 3. The Morgan fingerprint density at radius 1 is 1.40 bits per heavy atom. The van der Waals surface area contributed by atoms with Crippen LogP contribution in [-0.2, 0) is 9.47 Å². The predicted molar refractivity (Wildman–Crippen MR) is 62.1 cm³/mol. The summed E-state index contributed by atoms with van der Waals surface area (Å²) in [7, 11) is 0. The van der Waals surface area contributed by atoms with E-state index in [4.69, 9.17) is 9.47 Å². The van der Waals surface area contributed by atoms with E-state index in [0.29, 0.717) is 11.5 Å². The fraction of sp³-hybridized carbons (Fsp3) is 1.00. The van der Waals surface area contributed by atoms with Crippen LogP contribution < -0.4 is 5.32 Å². The molecule has 1 unspecified atom stereocenters. The quantitative estimate of drug-likeness (QED) is 0.686. The van der Waals surface area contributed by atoms with Crippen LogP contribution in [-0.4, -0.2) is 39.0 Å². The Balaban J connectivity index is 1.84. The van der Waals surface area contributed by atoms with Gasteiger partial charge in [0.15, 0.2) is 0 Å². The van der Waals surface area contributed by atoms with Gasteiger partial charge < -0.3 is 14.8 Å². The van der Waals surface area contributed by atoms with Crippen molar-refractivity contribution < 1.29 is 9.47 Å². The first-order chi connectivity index (χ1) is 7.08. The topological polar surface area (TPSA) is 30.5 Å². The highest BCUT2D eigenvalue weighted by Crippen LogP contribution is 2.10. The van der Waals surface area contributed by atoms with Crippen molar-refractivity contribution >= 4 is 0 Å². The Hall–Kier alpha value is -0.120. The minimum absolute atomic E-state index is 0.354. The summed E-state index contributed by atoms with van der Waals surface area (Å²) in [4.78, 5) is 0. The largest absolute Gasteiger partial charge is 0.379 e. The summed E-state index contributed by atoms with van der Waals surface area (Å²) in [6, 6.07) is 0. The van der Waals surface area contributed by atoms with Crippen LogP contribution >= 0.6 is 0 Å². The Kier molecular flexibility index (Phi) is 5.58. The minimum atomic E-state index is 0.354. The third kappa shape index (κ3) is 6.88. The Bertz CT molecular complexity index is 159. The van der Waals surface area contributed by atoms with E-state index in [1.807, 2.05) is 0 Å². The molecule has 0 radical (unpaired) electrons. The highest BCUT2D eigenvalue weighted by molar-refractivity contribution is 4.65. The van der Waals surface area contributed by atoms with Gasteiger partial charge in [0, 0.05) is 13.2 Å². The van der Waals surface area contributed by atoms with Crippen molar-refractivity contribution in [1.82, 2.24) is 5.32 Å². The standard InChI is InChI=1S/C12H25NO2/c1-12(2,3)10-13-6-4-7-15-11-5-8-14-9-11/h11,13H,4-10H2,1-3H3. The zero-order valence-corrected chi connectivity index (χ0v) is 10.3. The summed E-state index contributed by atoms with van der Waals surface area (Å²) >= 11 is 0. The van der Waals surface area contributed by atoms with Gasteiger partial charge in [0.2, 0.25) is 0 Å². The molecule has 15 heavy (non-hydrogen) atoms. The molecule has 0 aliphatic carbocycles. The number of nitrogens with one attached hydrogen (secondary N) is 1. The lowest BCUT2D eigenvalue weighted by Crippen LogP contribution is -2.28. The van der Waals surface area contributed by atoms with Crippen molar-refractivity contribution in [2.75, 3.05) is 32.9 Å². The van der Waals surface area contributed by atoms with Gasteiger partial charge in [0.1, 0.15) is 0 Å². The molecule has 3 nitrogen and oxygen atoms in total. The lowest BCUT2D eigenvalue weighted by molar-refractivity contribution is 0.0414. The molecule has 0 saturated carbocycles. The molecule has 1 heterocycles. The average Bonchev–Trinajstić information content (AvgIpc) is 2.61. The van der Waals surface area contributed by atoms with Crippen LogP contribution in [0.15, 0.2) is 0 Å². The second kappa shape index (κ2) is 6.46. The summed E-state index contributed by atoms with van der Waals surface area (Å²) < 4.78 is 10.9. The van der Waals surface area contributed by atoms with Crippen molar-refractivity contribution in [2.24, 2.45) is 5.41 Å². The molecule has 1 fully saturated rings. The Labute approximate surface area is 93.5 Å². The van der Waals surface area contributed by atoms with Crippen LogP contribution in [0.3, 0.4) is 0 Å². The van der Waals surface area contributed by atoms with Crippen molar-refractivity contribution in [3.63, 3.8) is 0 Å². The molecule has 0 amide bonds. The molecule has 1 rings (SSSR count). The highest BCUT2D eigenvalue weighted by Gasteiger charge is 2.15. The van der Waals surface area contributed by atoms with Crippen LogP contribution in [0.2, 0.25) is 0 Å². The maximum Gasteiger partial charge on any atom is 0.0830 e. The van der Waals surface area contributed by atoms with Crippen LogP contribution in [0.1, 0.15) is 33.6 Å². The van der Waals surface area contributed by atoms with Gasteiger partial charge in [-0.15, -0.1) is 0 Å². The van der Waals surface area contributed by atoms with Crippen LogP contribution in [0, 0.1) is 5.41 Å². The maximum absolute atomic E-state index is 5.67. The Morgan fingerprint density at radius 3 is 2.80 bits per heavy atom. The monoisotopic (exact) mass is 215 g/mol. The molecule has 0 aromatic heterocycles. The van der Waals surface area contributed by atoms with E-state index >= 15 is 0 Å². The first kappa shape index (κ1) is 12.9. The summed E-state index contributed by atoms with van der Waals surface area (Å²) in [6.07, 6.45) is 2.51. The van der Waals surface area contributed by atoms with E-state index in [1.54, 1.807) is 0 Å². The van der Waals surface area contributed by atoms with Gasteiger partial charge in [-0.1, -0.05) is 20.8 Å². The summed E-state index contributed by atoms with van der Waals surface area (Å²) in [6.45, 7) is 11.4. The molecule has 0 aromatic rings. The first-order valence-electron chi connectivity index (χ1n) is 5.98. The zero-order chi connectivity index (χ0) is 11.1. The van der Waals surface area contributed by atoms with Crippen molar-refractivity contribution in [3.8, 4) is 0 Å². The third-order valence-electron chi connectivity index (χ3n) is 2.39. The van der Waals surface area contributed by atoms with E-state index in [1.165, 1.54) is 0 Å². The van der Waals surface area contributed by atoms with Gasteiger partial charge in [-0.25, -0.2) is 0 Å². The molecule has 1 saturated heterocycles. The van der Waals surface area contributed by atoms with E-state index in [2.05, 4.69) is 26.1 Å². The molecule has 1 aliphatic rings. The molecule has 0 bridgehead atoms. The average molecular weight is 215 g/mol. The van der Waals surface area contributed by atoms with Gasteiger partial charge in [-0.2, -0.15) is 0 Å². The van der Waals surface area contributed by atoms with Crippen molar-refractivity contribution in [1.29, 1.82) is 0 Å². The summed E-state index contributed by atoms with van der Waals surface area (Å²) in [5.74, 6) is 0. The third-order valence-corrected chi connectivity index (χ3v) is 2.39. The van der Waals surface area contributed by atoms with Gasteiger partial charge in [-0.05, 0) is 31.3 Å².